The van der Waals surface area contributed by atoms with Crippen LogP contribution in [0.3, 0.4) is 0 Å². The predicted octanol–water partition coefficient (Wildman–Crippen LogP) is 0.537. The van der Waals surface area contributed by atoms with E-state index in [-0.39, 0.29) is 5.56 Å². The molecule has 2 heterocycles. The molecule has 2 rings (SSSR count). The first-order chi connectivity index (χ1) is 11.0. The number of carbonyl (C=O) groups is 1. The molecule has 0 aliphatic rings. The van der Waals surface area contributed by atoms with Gasteiger partial charge in [0.25, 0.3) is 0 Å². The zero-order valence-electron chi connectivity index (χ0n) is 12.2. The Kier molecular flexibility index (Phi) is 5.29. The largest absolute Gasteiger partial charge is 0.411 e. The smallest absolute Gasteiger partial charge is 0.249 e. The van der Waals surface area contributed by atoms with Crippen molar-refractivity contribution in [3.63, 3.8) is 0 Å². The van der Waals surface area contributed by atoms with Crippen molar-refractivity contribution in [1.82, 2.24) is 0 Å². The standard InChI is InChI=1S/C15H14F2N4O2/c16-13-9-21(10-14(17)12(13)8-19-23)5-1-4-20-6-2-11(3-7-20)15(18)22/h2-3,6-10H,1,4-5H2,(H-,18,22)/p+2. The highest BCUT2D eigenvalue weighted by Crippen LogP contribution is 2.06. The van der Waals surface area contributed by atoms with Gasteiger partial charge in [-0.1, -0.05) is 5.16 Å². The minimum atomic E-state index is -0.804. The maximum Gasteiger partial charge on any atom is 0.249 e. The quantitative estimate of drug-likeness (QED) is 0.352. The number of halogens is 2. The average Bonchev–Trinajstić information content (AvgIpc) is 2.51. The van der Waals surface area contributed by atoms with Crippen LogP contribution in [0.25, 0.3) is 0 Å². The van der Waals surface area contributed by atoms with Crippen LogP contribution >= 0.6 is 0 Å². The monoisotopic (exact) mass is 322 g/mol. The number of aryl methyl sites for hydroxylation is 2. The Balaban J connectivity index is 1.97. The van der Waals surface area contributed by atoms with E-state index in [1.165, 1.54) is 4.57 Å². The lowest BCUT2D eigenvalue weighted by atomic mass is 10.2. The Morgan fingerprint density at radius 2 is 1.74 bits per heavy atom. The molecule has 120 valence electrons. The first-order valence-corrected chi connectivity index (χ1v) is 6.85. The number of oxime groups is 1. The summed E-state index contributed by atoms with van der Waals surface area (Å²) in [5, 5.41) is 11.0. The Labute approximate surface area is 131 Å². The number of pyridine rings is 2. The minimum Gasteiger partial charge on any atom is -0.411 e. The van der Waals surface area contributed by atoms with Crippen LogP contribution in [0, 0.1) is 11.6 Å². The average molecular weight is 322 g/mol. The summed E-state index contributed by atoms with van der Waals surface area (Å²) in [5.74, 6) is -2.10. The van der Waals surface area contributed by atoms with Gasteiger partial charge in [0.2, 0.25) is 18.3 Å². The van der Waals surface area contributed by atoms with Crippen molar-refractivity contribution >= 4 is 12.1 Å². The molecule has 8 heteroatoms. The number of primary amides is 1. The number of carbonyl (C=O) groups excluding carboxylic acids is 1. The molecule has 0 unspecified atom stereocenters. The van der Waals surface area contributed by atoms with Crippen LogP contribution < -0.4 is 14.9 Å². The number of hydrogen-bond acceptors (Lipinski definition) is 3. The van der Waals surface area contributed by atoms with Crippen LogP contribution in [0.15, 0.2) is 42.1 Å². The third kappa shape index (κ3) is 4.29. The third-order valence-electron chi connectivity index (χ3n) is 3.27. The highest BCUT2D eigenvalue weighted by Gasteiger charge is 2.15. The summed E-state index contributed by atoms with van der Waals surface area (Å²) in [6, 6.07) is 3.22. The highest BCUT2D eigenvalue weighted by atomic mass is 19.1. The number of hydrogen-bond donors (Lipinski definition) is 2. The first-order valence-electron chi connectivity index (χ1n) is 6.85. The molecule has 0 atom stereocenters. The van der Waals surface area contributed by atoms with Gasteiger partial charge < -0.3 is 10.9 Å². The summed E-state index contributed by atoms with van der Waals surface area (Å²) in [5.41, 5.74) is 5.18. The fraction of sp³-hybridized carbons (Fsp3) is 0.200. The molecular formula is C15H16F2N4O2+2. The number of nitrogens with zero attached hydrogens (tertiary/aromatic N) is 3. The van der Waals surface area contributed by atoms with Crippen LogP contribution in [-0.4, -0.2) is 17.3 Å². The van der Waals surface area contributed by atoms with Gasteiger partial charge in [0.15, 0.2) is 37.1 Å². The van der Waals surface area contributed by atoms with Crippen molar-refractivity contribution in [2.75, 3.05) is 0 Å². The van der Waals surface area contributed by atoms with Gasteiger partial charge in [0, 0.05) is 12.1 Å². The third-order valence-corrected chi connectivity index (χ3v) is 3.27. The van der Waals surface area contributed by atoms with E-state index < -0.39 is 17.5 Å². The number of rotatable bonds is 6. The fourth-order valence-corrected chi connectivity index (χ4v) is 2.10. The summed E-state index contributed by atoms with van der Waals surface area (Å²) in [4.78, 5) is 11.0. The summed E-state index contributed by atoms with van der Waals surface area (Å²) in [6.07, 6.45) is 7.05. The van der Waals surface area contributed by atoms with E-state index in [1.807, 2.05) is 4.57 Å². The van der Waals surface area contributed by atoms with Gasteiger partial charge in [-0.05, 0) is 0 Å². The van der Waals surface area contributed by atoms with Crippen molar-refractivity contribution in [3.8, 4) is 0 Å². The van der Waals surface area contributed by atoms with Crippen molar-refractivity contribution in [1.29, 1.82) is 0 Å². The lowest BCUT2D eigenvalue weighted by Crippen LogP contribution is -2.39. The molecule has 0 saturated heterocycles. The van der Waals surface area contributed by atoms with Crippen molar-refractivity contribution in [2.24, 2.45) is 10.9 Å². The summed E-state index contributed by atoms with van der Waals surface area (Å²) in [7, 11) is 0. The molecule has 0 fully saturated rings. The molecular weight excluding hydrogens is 306 g/mol. The summed E-state index contributed by atoms with van der Waals surface area (Å²) in [6.45, 7) is 1.00. The molecule has 0 aromatic carbocycles. The van der Waals surface area contributed by atoms with Gasteiger partial charge in [0.05, 0.1) is 23.8 Å². The second kappa shape index (κ2) is 7.39. The Morgan fingerprint density at radius 1 is 1.17 bits per heavy atom. The Hall–Kier alpha value is -2.90. The molecule has 0 bridgehead atoms. The molecule has 0 saturated carbocycles. The van der Waals surface area contributed by atoms with Crippen molar-refractivity contribution in [2.45, 2.75) is 19.5 Å². The molecule has 23 heavy (non-hydrogen) atoms. The van der Waals surface area contributed by atoms with E-state index in [9.17, 15) is 13.6 Å². The van der Waals surface area contributed by atoms with Gasteiger partial charge in [-0.3, -0.25) is 4.79 Å². The first kappa shape index (κ1) is 16.5. The van der Waals surface area contributed by atoms with Gasteiger partial charge >= 0.3 is 0 Å². The Bertz CT molecular complexity index is 710. The van der Waals surface area contributed by atoms with E-state index >= 15 is 0 Å². The van der Waals surface area contributed by atoms with E-state index in [0.29, 0.717) is 31.3 Å². The van der Waals surface area contributed by atoms with Crippen LogP contribution in [0.2, 0.25) is 0 Å². The second-order valence-electron chi connectivity index (χ2n) is 4.89. The zero-order chi connectivity index (χ0) is 16.8. The minimum absolute atomic E-state index is 0.389. The van der Waals surface area contributed by atoms with Crippen LogP contribution in [0.1, 0.15) is 22.3 Å². The molecule has 0 aliphatic heterocycles. The van der Waals surface area contributed by atoms with Gasteiger partial charge in [-0.15, -0.1) is 0 Å². The highest BCUT2D eigenvalue weighted by molar-refractivity contribution is 5.92. The topological polar surface area (TPSA) is 83.4 Å². The van der Waals surface area contributed by atoms with Crippen LogP contribution in [0.5, 0.6) is 0 Å². The normalized spacial score (nSPS) is 11.0. The lowest BCUT2D eigenvalue weighted by Gasteiger charge is -2.00. The van der Waals surface area contributed by atoms with E-state index in [2.05, 4.69) is 5.16 Å². The molecule has 3 N–H and O–H groups in total. The molecule has 1 amide bonds. The molecule has 0 spiro atoms. The molecule has 0 radical (unpaired) electrons. The lowest BCUT2D eigenvalue weighted by molar-refractivity contribution is -0.728. The van der Waals surface area contributed by atoms with Crippen molar-refractivity contribution < 1.29 is 27.9 Å². The van der Waals surface area contributed by atoms with Crippen LogP contribution in [0.4, 0.5) is 8.78 Å². The number of amides is 1. The SMILES string of the molecule is NC(=O)c1cc[n+](CCC[n+]2cc(F)c(/C=N/O)c(F)c2)cc1. The van der Waals surface area contributed by atoms with Crippen LogP contribution in [-0.2, 0) is 13.1 Å². The predicted molar refractivity (Wildman–Crippen MR) is 75.7 cm³/mol. The fourth-order valence-electron chi connectivity index (χ4n) is 2.10. The number of aromatic nitrogens is 2. The van der Waals surface area contributed by atoms with E-state index in [4.69, 9.17) is 10.9 Å². The maximum absolute atomic E-state index is 13.7. The van der Waals surface area contributed by atoms with Gasteiger partial charge in [-0.2, -0.15) is 13.3 Å². The van der Waals surface area contributed by atoms with E-state index in [0.717, 1.165) is 12.4 Å². The molecule has 2 aromatic heterocycles. The second-order valence-corrected chi connectivity index (χ2v) is 4.89. The molecule has 2 aromatic rings. The number of nitrogens with two attached hydrogens (primary N) is 1. The summed E-state index contributed by atoms with van der Waals surface area (Å²) >= 11 is 0. The molecule has 0 aliphatic carbocycles. The zero-order valence-corrected chi connectivity index (χ0v) is 12.2. The summed E-state index contributed by atoms with van der Waals surface area (Å²) < 4.78 is 30.5. The molecule has 6 nitrogen and oxygen atoms in total. The van der Waals surface area contributed by atoms with Gasteiger partial charge in [0.1, 0.15) is 0 Å². The van der Waals surface area contributed by atoms with Crippen molar-refractivity contribution in [3.05, 3.63) is 59.7 Å². The van der Waals surface area contributed by atoms with E-state index in [1.54, 1.807) is 24.5 Å². The van der Waals surface area contributed by atoms with Gasteiger partial charge in [-0.25, -0.2) is 4.57 Å². The Morgan fingerprint density at radius 3 is 2.26 bits per heavy atom. The maximum atomic E-state index is 13.7.